The van der Waals surface area contributed by atoms with Gasteiger partial charge in [0.1, 0.15) is 5.82 Å². The third-order valence-electron chi connectivity index (χ3n) is 5.04. The van der Waals surface area contributed by atoms with E-state index in [9.17, 15) is 9.18 Å². The van der Waals surface area contributed by atoms with Crippen LogP contribution in [-0.4, -0.2) is 15.8 Å². The van der Waals surface area contributed by atoms with E-state index in [-0.39, 0.29) is 18.1 Å². The Balaban J connectivity index is 1.72. The molecule has 0 saturated carbocycles. The van der Waals surface area contributed by atoms with Crippen molar-refractivity contribution in [3.63, 3.8) is 0 Å². The van der Waals surface area contributed by atoms with Crippen molar-refractivity contribution < 1.29 is 9.18 Å². The van der Waals surface area contributed by atoms with Gasteiger partial charge in [-0.2, -0.15) is 0 Å². The number of benzene rings is 1. The summed E-state index contributed by atoms with van der Waals surface area (Å²) >= 11 is 0. The standard InChI is InChI=1S/C23H20FN3O/c1-15-10-18(12-26-16(15)2)23(28)19-11-17-6-3-4-8-22(17)27(13-19)14-21-20(24)7-5-9-25-21/h3-10,12-13H,11,14H2,1-2H3. The first kappa shape index (κ1) is 18.0. The van der Waals surface area contributed by atoms with Gasteiger partial charge in [0.15, 0.2) is 5.78 Å². The van der Waals surface area contributed by atoms with E-state index in [0.717, 1.165) is 22.5 Å². The first-order valence-corrected chi connectivity index (χ1v) is 9.15. The summed E-state index contributed by atoms with van der Waals surface area (Å²) in [5, 5.41) is 0. The van der Waals surface area contributed by atoms with Crippen LogP contribution in [0.4, 0.5) is 10.1 Å². The fourth-order valence-electron chi connectivity index (χ4n) is 3.37. The Morgan fingerprint density at radius 1 is 1.14 bits per heavy atom. The lowest BCUT2D eigenvalue weighted by molar-refractivity contribution is 0.103. The zero-order valence-electron chi connectivity index (χ0n) is 15.8. The summed E-state index contributed by atoms with van der Waals surface area (Å²) < 4.78 is 14.1. The highest BCUT2D eigenvalue weighted by Gasteiger charge is 2.23. The van der Waals surface area contributed by atoms with Crippen molar-refractivity contribution in [2.45, 2.75) is 26.8 Å². The van der Waals surface area contributed by atoms with Crippen LogP contribution in [0.15, 0.2) is 66.6 Å². The number of ketones is 1. The summed E-state index contributed by atoms with van der Waals surface area (Å²) in [7, 11) is 0. The van der Waals surface area contributed by atoms with E-state index in [0.29, 0.717) is 23.3 Å². The quantitative estimate of drug-likeness (QED) is 0.629. The van der Waals surface area contributed by atoms with Crippen LogP contribution >= 0.6 is 0 Å². The largest absolute Gasteiger partial charge is 0.341 e. The van der Waals surface area contributed by atoms with Gasteiger partial charge in [-0.1, -0.05) is 18.2 Å². The number of carbonyl (C=O) groups is 1. The molecule has 1 aromatic carbocycles. The Bertz CT molecular complexity index is 1090. The van der Waals surface area contributed by atoms with Crippen molar-refractivity contribution in [3.05, 3.63) is 101 Å². The van der Waals surface area contributed by atoms with E-state index in [1.54, 1.807) is 18.5 Å². The first-order valence-electron chi connectivity index (χ1n) is 9.15. The lowest BCUT2D eigenvalue weighted by atomic mass is 9.93. The molecule has 0 atom stereocenters. The molecule has 0 spiro atoms. The number of nitrogens with zero attached hydrogens (tertiary/aromatic N) is 3. The number of halogens is 1. The minimum atomic E-state index is -0.356. The zero-order chi connectivity index (χ0) is 19.7. The fourth-order valence-corrected chi connectivity index (χ4v) is 3.37. The number of aromatic nitrogens is 2. The molecule has 3 heterocycles. The van der Waals surface area contributed by atoms with Crippen LogP contribution in [-0.2, 0) is 13.0 Å². The van der Waals surface area contributed by atoms with E-state index in [4.69, 9.17) is 0 Å². The minimum absolute atomic E-state index is 0.0587. The van der Waals surface area contributed by atoms with E-state index < -0.39 is 0 Å². The molecule has 0 bridgehead atoms. The van der Waals surface area contributed by atoms with Crippen molar-refractivity contribution in [2.75, 3.05) is 4.90 Å². The summed E-state index contributed by atoms with van der Waals surface area (Å²) in [5.74, 6) is -0.415. The average Bonchev–Trinajstić information content (AvgIpc) is 2.71. The Kier molecular flexibility index (Phi) is 4.74. The number of anilines is 1. The maximum Gasteiger partial charge on any atom is 0.192 e. The molecule has 28 heavy (non-hydrogen) atoms. The van der Waals surface area contributed by atoms with Gasteiger partial charge in [-0.25, -0.2) is 4.39 Å². The third kappa shape index (κ3) is 3.43. The molecule has 0 unspecified atom stereocenters. The van der Waals surface area contributed by atoms with E-state index in [1.165, 1.54) is 6.07 Å². The lowest BCUT2D eigenvalue weighted by Gasteiger charge is -2.29. The number of pyridine rings is 2. The molecule has 1 aliphatic rings. The highest BCUT2D eigenvalue weighted by atomic mass is 19.1. The molecule has 4 nitrogen and oxygen atoms in total. The lowest BCUT2D eigenvalue weighted by Crippen LogP contribution is -2.25. The number of fused-ring (bicyclic) bond motifs is 1. The van der Waals surface area contributed by atoms with Gasteiger partial charge in [0.05, 0.1) is 12.2 Å². The van der Waals surface area contributed by atoms with Gasteiger partial charge in [-0.3, -0.25) is 14.8 Å². The van der Waals surface area contributed by atoms with Crippen LogP contribution in [0.2, 0.25) is 0 Å². The van der Waals surface area contributed by atoms with Crippen molar-refractivity contribution in [3.8, 4) is 0 Å². The van der Waals surface area contributed by atoms with Crippen LogP contribution in [0.1, 0.15) is 32.9 Å². The van der Waals surface area contributed by atoms with Gasteiger partial charge in [0.25, 0.3) is 0 Å². The SMILES string of the molecule is Cc1cc(C(=O)C2=CN(Cc3ncccc3F)c3ccccc3C2)cnc1C. The normalized spacial score (nSPS) is 13.1. The van der Waals surface area contributed by atoms with Crippen LogP contribution in [0.3, 0.4) is 0 Å². The van der Waals surface area contributed by atoms with Crippen molar-refractivity contribution >= 4 is 11.5 Å². The highest BCUT2D eigenvalue weighted by Crippen LogP contribution is 2.31. The maximum atomic E-state index is 14.1. The van der Waals surface area contributed by atoms with Crippen LogP contribution < -0.4 is 4.90 Å². The fraction of sp³-hybridized carbons (Fsp3) is 0.174. The highest BCUT2D eigenvalue weighted by molar-refractivity contribution is 6.09. The van der Waals surface area contributed by atoms with Crippen LogP contribution in [0.25, 0.3) is 0 Å². The number of para-hydroxylation sites is 1. The molecular weight excluding hydrogens is 353 g/mol. The molecule has 0 N–H and O–H groups in total. The van der Waals surface area contributed by atoms with E-state index >= 15 is 0 Å². The van der Waals surface area contributed by atoms with Crippen LogP contribution in [0, 0.1) is 19.7 Å². The second kappa shape index (κ2) is 7.35. The molecule has 0 saturated heterocycles. The average molecular weight is 373 g/mol. The molecule has 0 aliphatic carbocycles. The second-order valence-corrected chi connectivity index (χ2v) is 6.98. The molecule has 2 aromatic heterocycles. The number of aryl methyl sites for hydroxylation is 2. The summed E-state index contributed by atoms with van der Waals surface area (Å²) in [6.45, 7) is 4.12. The number of hydrogen-bond donors (Lipinski definition) is 0. The molecule has 4 rings (SSSR count). The predicted octanol–water partition coefficient (Wildman–Crippen LogP) is 4.56. The van der Waals surface area contributed by atoms with Crippen molar-refractivity contribution in [2.24, 2.45) is 0 Å². The van der Waals surface area contributed by atoms with Gasteiger partial charge >= 0.3 is 0 Å². The second-order valence-electron chi connectivity index (χ2n) is 6.98. The molecule has 140 valence electrons. The molecule has 5 heteroatoms. The number of Topliss-reactive ketones (excluding diaryl/α,β-unsaturated/α-hetero) is 1. The molecular formula is C23H20FN3O. The number of hydrogen-bond acceptors (Lipinski definition) is 4. The summed E-state index contributed by atoms with van der Waals surface area (Å²) in [4.78, 5) is 23.5. The Morgan fingerprint density at radius 2 is 1.96 bits per heavy atom. The predicted molar refractivity (Wildman–Crippen MR) is 107 cm³/mol. The van der Waals surface area contributed by atoms with Gasteiger partial charge < -0.3 is 4.90 Å². The molecule has 1 aliphatic heterocycles. The maximum absolute atomic E-state index is 14.1. The zero-order valence-corrected chi connectivity index (χ0v) is 15.8. The Hall–Kier alpha value is -3.34. The van der Waals surface area contributed by atoms with Crippen molar-refractivity contribution in [1.29, 1.82) is 0 Å². The topological polar surface area (TPSA) is 46.1 Å². The number of rotatable bonds is 4. The van der Waals surface area contributed by atoms with Gasteiger partial charge in [0.2, 0.25) is 0 Å². The Labute approximate surface area is 163 Å². The minimum Gasteiger partial charge on any atom is -0.341 e. The molecule has 0 radical (unpaired) electrons. The third-order valence-corrected chi connectivity index (χ3v) is 5.04. The molecule has 0 fully saturated rings. The smallest absolute Gasteiger partial charge is 0.192 e. The number of carbonyl (C=O) groups excluding carboxylic acids is 1. The number of allylic oxidation sites excluding steroid dienone is 1. The monoisotopic (exact) mass is 373 g/mol. The van der Waals surface area contributed by atoms with Gasteiger partial charge in [-0.15, -0.1) is 0 Å². The van der Waals surface area contributed by atoms with Crippen molar-refractivity contribution in [1.82, 2.24) is 9.97 Å². The van der Waals surface area contributed by atoms with Crippen LogP contribution in [0.5, 0.6) is 0 Å². The first-order chi connectivity index (χ1) is 13.5. The summed E-state index contributed by atoms with van der Waals surface area (Å²) in [6.07, 6.45) is 5.54. The molecule has 3 aromatic rings. The van der Waals surface area contributed by atoms with E-state index in [1.807, 2.05) is 55.3 Å². The summed E-state index contributed by atoms with van der Waals surface area (Å²) in [5.41, 5.74) is 5.44. The summed E-state index contributed by atoms with van der Waals surface area (Å²) in [6, 6.07) is 12.7. The van der Waals surface area contributed by atoms with E-state index in [2.05, 4.69) is 9.97 Å². The molecule has 0 amide bonds. The van der Waals surface area contributed by atoms with Gasteiger partial charge in [0, 0.05) is 47.5 Å². The van der Waals surface area contributed by atoms with Gasteiger partial charge in [-0.05, 0) is 49.2 Å². The Morgan fingerprint density at radius 3 is 2.75 bits per heavy atom.